The first kappa shape index (κ1) is 22.7. The molecule has 166 valence electrons. The Morgan fingerprint density at radius 3 is 2.80 bits per heavy atom. The van der Waals surface area contributed by atoms with Crippen LogP contribution in [0.1, 0.15) is 33.1 Å². The van der Waals surface area contributed by atoms with Gasteiger partial charge in [-0.3, -0.25) is 14.5 Å². The van der Waals surface area contributed by atoms with Crippen molar-refractivity contribution in [2.24, 2.45) is 0 Å². The lowest BCUT2D eigenvalue weighted by Crippen LogP contribution is -2.44. The van der Waals surface area contributed by atoms with E-state index in [1.165, 1.54) is 11.8 Å². The van der Waals surface area contributed by atoms with Crippen LogP contribution in [0, 0.1) is 0 Å². The van der Waals surface area contributed by atoms with Gasteiger partial charge in [0.15, 0.2) is 11.5 Å². The average molecular weight is 437 g/mol. The summed E-state index contributed by atoms with van der Waals surface area (Å²) in [5.41, 5.74) is 0. The molecule has 8 heteroatoms. The highest BCUT2D eigenvalue weighted by molar-refractivity contribution is 8.00. The maximum atomic E-state index is 13.0. The van der Waals surface area contributed by atoms with Crippen LogP contribution in [0.25, 0.3) is 0 Å². The zero-order chi connectivity index (χ0) is 21.3. The van der Waals surface area contributed by atoms with Gasteiger partial charge >= 0.3 is 5.97 Å². The first-order chi connectivity index (χ1) is 14.6. The minimum atomic E-state index is -0.256. The Morgan fingerprint density at radius 1 is 1.23 bits per heavy atom. The van der Waals surface area contributed by atoms with Crippen LogP contribution in [0.2, 0.25) is 0 Å². The molecule has 7 nitrogen and oxygen atoms in total. The number of hydrogen-bond donors (Lipinski definition) is 0. The van der Waals surface area contributed by atoms with Crippen molar-refractivity contribution in [2.45, 2.75) is 44.0 Å². The first-order valence-electron chi connectivity index (χ1n) is 10.8. The fourth-order valence-corrected chi connectivity index (χ4v) is 4.73. The zero-order valence-electron chi connectivity index (χ0n) is 17.9. The number of carbonyl (C=O) groups is 2. The molecule has 0 aromatic heterocycles. The molecule has 1 atom stereocenters. The molecule has 2 aliphatic rings. The Balaban J connectivity index is 1.59. The SMILES string of the molecule is CCOC(=O)CCN(C[C@H]1CCCN1CC)C(=O)CSc1ccc2c(c1)OCCO2. The van der Waals surface area contributed by atoms with Gasteiger partial charge in [0, 0.05) is 24.0 Å². The normalized spacial score (nSPS) is 18.3. The number of carbonyl (C=O) groups excluding carboxylic acids is 2. The minimum absolute atomic E-state index is 0.0436. The van der Waals surface area contributed by atoms with Gasteiger partial charge in [-0.05, 0) is 51.1 Å². The summed E-state index contributed by atoms with van der Waals surface area (Å²) in [5.74, 6) is 1.58. The van der Waals surface area contributed by atoms with Gasteiger partial charge in [-0.2, -0.15) is 0 Å². The van der Waals surface area contributed by atoms with Crippen LogP contribution in [0.4, 0.5) is 0 Å². The molecule has 0 N–H and O–H groups in total. The Kier molecular flexibility index (Phi) is 8.69. The number of esters is 1. The van der Waals surface area contributed by atoms with Crippen molar-refractivity contribution in [2.75, 3.05) is 51.8 Å². The molecule has 1 aromatic carbocycles. The molecule has 0 radical (unpaired) electrons. The zero-order valence-corrected chi connectivity index (χ0v) is 18.7. The summed E-state index contributed by atoms with van der Waals surface area (Å²) in [6.07, 6.45) is 2.48. The third kappa shape index (κ3) is 6.28. The van der Waals surface area contributed by atoms with Gasteiger partial charge in [-0.1, -0.05) is 6.92 Å². The number of hydrogen-bond acceptors (Lipinski definition) is 7. The molecule has 0 aliphatic carbocycles. The van der Waals surface area contributed by atoms with E-state index in [0.717, 1.165) is 42.3 Å². The Hall–Kier alpha value is -1.93. The summed E-state index contributed by atoms with van der Waals surface area (Å²) in [6.45, 7) is 8.52. The highest BCUT2D eigenvalue weighted by Crippen LogP contribution is 2.34. The topological polar surface area (TPSA) is 68.3 Å². The maximum absolute atomic E-state index is 13.0. The van der Waals surface area contributed by atoms with E-state index in [-0.39, 0.29) is 18.3 Å². The summed E-state index contributed by atoms with van der Waals surface area (Å²) in [5, 5.41) is 0. The summed E-state index contributed by atoms with van der Waals surface area (Å²) in [7, 11) is 0. The maximum Gasteiger partial charge on any atom is 0.307 e. The molecule has 2 heterocycles. The van der Waals surface area contributed by atoms with Gasteiger partial charge in [0.2, 0.25) is 5.91 Å². The van der Waals surface area contributed by atoms with E-state index < -0.39 is 0 Å². The van der Waals surface area contributed by atoms with E-state index in [2.05, 4.69) is 11.8 Å². The fourth-order valence-electron chi connectivity index (χ4n) is 3.90. The predicted molar refractivity (Wildman–Crippen MR) is 116 cm³/mol. The number of ether oxygens (including phenoxy) is 3. The lowest BCUT2D eigenvalue weighted by atomic mass is 10.2. The van der Waals surface area contributed by atoms with Crippen molar-refractivity contribution in [3.63, 3.8) is 0 Å². The molecular weight excluding hydrogens is 404 g/mol. The summed E-state index contributed by atoms with van der Waals surface area (Å²) >= 11 is 1.48. The third-order valence-corrected chi connectivity index (χ3v) is 6.43. The minimum Gasteiger partial charge on any atom is -0.486 e. The second-order valence-electron chi connectivity index (χ2n) is 7.41. The van der Waals surface area contributed by atoms with Gasteiger partial charge in [0.05, 0.1) is 18.8 Å². The Bertz CT molecular complexity index is 729. The van der Waals surface area contributed by atoms with E-state index in [9.17, 15) is 9.59 Å². The largest absolute Gasteiger partial charge is 0.486 e. The van der Waals surface area contributed by atoms with Gasteiger partial charge in [-0.15, -0.1) is 11.8 Å². The highest BCUT2D eigenvalue weighted by atomic mass is 32.2. The Morgan fingerprint density at radius 2 is 2.03 bits per heavy atom. The van der Waals surface area contributed by atoms with Gasteiger partial charge in [-0.25, -0.2) is 0 Å². The number of likely N-dealkylation sites (tertiary alicyclic amines) is 1. The second kappa shape index (κ2) is 11.5. The molecule has 30 heavy (non-hydrogen) atoms. The second-order valence-corrected chi connectivity index (χ2v) is 8.46. The molecule has 2 aliphatic heterocycles. The molecule has 0 spiro atoms. The van der Waals surface area contributed by atoms with Crippen molar-refractivity contribution in [3.05, 3.63) is 18.2 Å². The number of nitrogens with zero attached hydrogens (tertiary/aromatic N) is 2. The molecule has 1 fully saturated rings. The molecule has 0 bridgehead atoms. The quantitative estimate of drug-likeness (QED) is 0.413. The van der Waals surface area contributed by atoms with Gasteiger partial charge in [0.25, 0.3) is 0 Å². The number of amides is 1. The van der Waals surface area contributed by atoms with Gasteiger partial charge in [0.1, 0.15) is 13.2 Å². The van der Waals surface area contributed by atoms with Crippen molar-refractivity contribution in [3.8, 4) is 11.5 Å². The molecule has 0 unspecified atom stereocenters. The van der Waals surface area contributed by atoms with Crippen LogP contribution in [-0.2, 0) is 14.3 Å². The number of likely N-dealkylation sites (N-methyl/N-ethyl adjacent to an activating group) is 1. The monoisotopic (exact) mass is 436 g/mol. The van der Waals surface area contributed by atoms with E-state index in [1.807, 2.05) is 23.1 Å². The Labute approximate surface area is 183 Å². The smallest absolute Gasteiger partial charge is 0.307 e. The predicted octanol–water partition coefficient (Wildman–Crippen LogP) is 2.82. The molecule has 0 saturated carbocycles. The van der Waals surface area contributed by atoms with Crippen LogP contribution < -0.4 is 9.47 Å². The van der Waals surface area contributed by atoms with Crippen LogP contribution in [0.5, 0.6) is 11.5 Å². The summed E-state index contributed by atoms with van der Waals surface area (Å²) in [6, 6.07) is 6.12. The van der Waals surface area contributed by atoms with Crippen molar-refractivity contribution < 1.29 is 23.8 Å². The highest BCUT2D eigenvalue weighted by Gasteiger charge is 2.27. The molecule has 1 amide bonds. The van der Waals surface area contributed by atoms with E-state index in [4.69, 9.17) is 14.2 Å². The fraction of sp³-hybridized carbons (Fsp3) is 0.636. The van der Waals surface area contributed by atoms with Crippen LogP contribution in [0.15, 0.2) is 23.1 Å². The van der Waals surface area contributed by atoms with Gasteiger partial charge < -0.3 is 19.1 Å². The molecule has 1 aromatic rings. The number of rotatable bonds is 10. The summed E-state index contributed by atoms with van der Waals surface area (Å²) in [4.78, 5) is 30.1. The lowest BCUT2D eigenvalue weighted by molar-refractivity contribution is -0.144. The van der Waals surface area contributed by atoms with E-state index >= 15 is 0 Å². The first-order valence-corrected chi connectivity index (χ1v) is 11.8. The van der Waals surface area contributed by atoms with Crippen molar-refractivity contribution in [1.82, 2.24) is 9.80 Å². The van der Waals surface area contributed by atoms with E-state index in [1.54, 1.807) is 6.92 Å². The lowest BCUT2D eigenvalue weighted by Gasteiger charge is -2.30. The number of benzene rings is 1. The van der Waals surface area contributed by atoms with Crippen molar-refractivity contribution >= 4 is 23.6 Å². The van der Waals surface area contributed by atoms with Crippen LogP contribution in [0.3, 0.4) is 0 Å². The number of fused-ring (bicyclic) bond motifs is 1. The van der Waals surface area contributed by atoms with E-state index in [0.29, 0.717) is 44.7 Å². The molecule has 3 rings (SSSR count). The van der Waals surface area contributed by atoms with Crippen LogP contribution >= 0.6 is 11.8 Å². The molecular formula is C22H32N2O5S. The third-order valence-electron chi connectivity index (χ3n) is 5.46. The molecule has 1 saturated heterocycles. The summed E-state index contributed by atoms with van der Waals surface area (Å²) < 4.78 is 16.2. The van der Waals surface area contributed by atoms with Crippen molar-refractivity contribution in [1.29, 1.82) is 0 Å². The standard InChI is InChI=1S/C22H32N2O5S/c1-3-23-10-5-6-17(23)15-24(11-9-22(26)27-4-2)21(25)16-30-18-7-8-19-20(14-18)29-13-12-28-19/h7-8,14,17H,3-6,9-13,15-16H2,1-2H3/t17-/m1/s1. The average Bonchev–Trinajstić information content (AvgIpc) is 3.22. The number of thioether (sulfide) groups is 1. The van der Waals surface area contributed by atoms with Crippen LogP contribution in [-0.4, -0.2) is 79.5 Å².